The Hall–Kier alpha value is -3.20. The lowest BCUT2D eigenvalue weighted by atomic mass is 10.1. The molecule has 3 N–H and O–H groups in total. The normalized spacial score (nSPS) is 13.0. The molecule has 8 nitrogen and oxygen atoms in total. The maximum atomic E-state index is 12.3. The van der Waals surface area contributed by atoms with Crippen LogP contribution in [0.4, 0.5) is 5.69 Å². The van der Waals surface area contributed by atoms with Gasteiger partial charge in [-0.2, -0.15) is 5.10 Å². The first-order valence-electron chi connectivity index (χ1n) is 9.74. The molecule has 1 saturated carbocycles. The Morgan fingerprint density at radius 1 is 1.10 bits per heavy atom. The van der Waals surface area contributed by atoms with E-state index in [2.05, 4.69) is 37.1 Å². The fourth-order valence-corrected chi connectivity index (χ4v) is 3.21. The third-order valence-electron chi connectivity index (χ3n) is 4.32. The van der Waals surface area contributed by atoms with Crippen molar-refractivity contribution in [2.75, 3.05) is 11.9 Å². The molecule has 3 amide bonds. The molecule has 162 valence electrons. The van der Waals surface area contributed by atoms with Gasteiger partial charge >= 0.3 is 11.8 Å². The van der Waals surface area contributed by atoms with E-state index in [1.54, 1.807) is 18.2 Å². The molecule has 31 heavy (non-hydrogen) atoms. The number of aryl methyl sites for hydroxylation is 2. The number of nitrogens with one attached hydrogen (secondary N) is 3. The van der Waals surface area contributed by atoms with Crippen molar-refractivity contribution >= 4 is 45.6 Å². The molecule has 0 saturated heterocycles. The van der Waals surface area contributed by atoms with E-state index in [-0.39, 0.29) is 18.6 Å². The van der Waals surface area contributed by atoms with Crippen molar-refractivity contribution in [3.8, 4) is 5.75 Å². The number of ether oxygens (including phenoxy) is 1. The molecule has 1 aliphatic rings. The molecule has 3 rings (SSSR count). The smallest absolute Gasteiger partial charge is 0.329 e. The molecule has 2 aromatic rings. The molecular formula is C22H23BrN4O4. The molecule has 0 spiro atoms. The summed E-state index contributed by atoms with van der Waals surface area (Å²) in [6.07, 6.45) is 3.13. The van der Waals surface area contributed by atoms with Crippen LogP contribution in [0.2, 0.25) is 0 Å². The lowest BCUT2D eigenvalue weighted by Crippen LogP contribution is -2.38. The van der Waals surface area contributed by atoms with E-state index in [1.165, 1.54) is 6.21 Å². The average Bonchev–Trinajstić information content (AvgIpc) is 3.50. The minimum absolute atomic E-state index is 0.0853. The van der Waals surface area contributed by atoms with Gasteiger partial charge in [0.1, 0.15) is 5.75 Å². The molecule has 0 heterocycles. The summed E-state index contributed by atoms with van der Waals surface area (Å²) in [6, 6.07) is 11.0. The Morgan fingerprint density at radius 2 is 1.81 bits per heavy atom. The predicted octanol–water partition coefficient (Wildman–Crippen LogP) is 2.81. The molecule has 1 aliphatic carbocycles. The van der Waals surface area contributed by atoms with Crippen molar-refractivity contribution in [1.29, 1.82) is 0 Å². The highest BCUT2D eigenvalue weighted by Crippen LogP contribution is 2.22. The second kappa shape index (κ2) is 10.2. The lowest BCUT2D eigenvalue weighted by molar-refractivity contribution is -0.139. The Kier molecular flexibility index (Phi) is 7.41. The zero-order valence-corrected chi connectivity index (χ0v) is 18.8. The molecule has 0 aliphatic heterocycles. The van der Waals surface area contributed by atoms with Crippen molar-refractivity contribution in [3.63, 3.8) is 0 Å². The summed E-state index contributed by atoms with van der Waals surface area (Å²) in [5, 5.41) is 9.21. The van der Waals surface area contributed by atoms with Crippen molar-refractivity contribution in [3.05, 3.63) is 57.6 Å². The van der Waals surface area contributed by atoms with Crippen LogP contribution >= 0.6 is 15.9 Å². The second-order valence-electron chi connectivity index (χ2n) is 7.34. The fourth-order valence-electron chi connectivity index (χ4n) is 2.83. The highest BCUT2D eigenvalue weighted by atomic mass is 79.9. The minimum Gasteiger partial charge on any atom is -0.483 e. The van der Waals surface area contributed by atoms with E-state index in [4.69, 9.17) is 4.74 Å². The molecule has 0 atom stereocenters. The fraction of sp³-hybridized carbons (Fsp3) is 0.273. The topological polar surface area (TPSA) is 109 Å². The number of hydrogen-bond donors (Lipinski definition) is 3. The summed E-state index contributed by atoms with van der Waals surface area (Å²) in [5.41, 5.74) is 5.52. The monoisotopic (exact) mass is 486 g/mol. The van der Waals surface area contributed by atoms with E-state index in [0.29, 0.717) is 17.0 Å². The zero-order chi connectivity index (χ0) is 22.4. The van der Waals surface area contributed by atoms with Crippen LogP contribution in [-0.2, 0) is 14.4 Å². The Bertz CT molecular complexity index is 1010. The number of rotatable bonds is 7. The SMILES string of the molecule is Cc1cc(C)cc(NC(=O)COc2ccc(Br)cc2/C=N\NC(=O)C(=O)NC2CC2)c1. The number of anilines is 1. The number of amides is 3. The van der Waals surface area contributed by atoms with E-state index in [0.717, 1.165) is 28.4 Å². The maximum absolute atomic E-state index is 12.3. The molecule has 0 radical (unpaired) electrons. The van der Waals surface area contributed by atoms with Gasteiger partial charge in [0.25, 0.3) is 5.91 Å². The maximum Gasteiger partial charge on any atom is 0.329 e. The van der Waals surface area contributed by atoms with Crippen LogP contribution in [0, 0.1) is 13.8 Å². The Morgan fingerprint density at radius 3 is 2.48 bits per heavy atom. The van der Waals surface area contributed by atoms with Crippen molar-refractivity contribution in [1.82, 2.24) is 10.7 Å². The van der Waals surface area contributed by atoms with Gasteiger partial charge in [-0.05, 0) is 68.1 Å². The van der Waals surface area contributed by atoms with Gasteiger partial charge in [0.05, 0.1) is 6.21 Å². The van der Waals surface area contributed by atoms with Crippen LogP contribution in [-0.4, -0.2) is 36.6 Å². The molecule has 0 aromatic heterocycles. The van der Waals surface area contributed by atoms with E-state index in [9.17, 15) is 14.4 Å². The largest absolute Gasteiger partial charge is 0.483 e. The average molecular weight is 487 g/mol. The van der Waals surface area contributed by atoms with Crippen molar-refractivity contribution < 1.29 is 19.1 Å². The first-order chi connectivity index (χ1) is 14.8. The molecule has 9 heteroatoms. The molecule has 0 unspecified atom stereocenters. The first-order valence-corrected chi connectivity index (χ1v) is 10.5. The van der Waals surface area contributed by atoms with Gasteiger partial charge < -0.3 is 15.4 Å². The number of carbonyl (C=O) groups excluding carboxylic acids is 3. The predicted molar refractivity (Wildman–Crippen MR) is 121 cm³/mol. The van der Waals surface area contributed by atoms with E-state index < -0.39 is 11.8 Å². The first kappa shape index (κ1) is 22.5. The summed E-state index contributed by atoms with van der Waals surface area (Å²) >= 11 is 3.36. The second-order valence-corrected chi connectivity index (χ2v) is 8.26. The quantitative estimate of drug-likeness (QED) is 0.317. The van der Waals surface area contributed by atoms with Gasteiger partial charge in [-0.15, -0.1) is 0 Å². The molecule has 0 bridgehead atoms. The summed E-state index contributed by atoms with van der Waals surface area (Å²) in [7, 11) is 0. The Balaban J connectivity index is 1.57. The van der Waals surface area contributed by atoms with Gasteiger partial charge in [-0.3, -0.25) is 14.4 Å². The summed E-state index contributed by atoms with van der Waals surface area (Å²) in [4.78, 5) is 35.7. The van der Waals surface area contributed by atoms with Crippen LogP contribution in [0.15, 0.2) is 46.0 Å². The highest BCUT2D eigenvalue weighted by Gasteiger charge is 2.26. The van der Waals surface area contributed by atoms with E-state index >= 15 is 0 Å². The third kappa shape index (κ3) is 7.21. The summed E-state index contributed by atoms with van der Waals surface area (Å²) < 4.78 is 6.40. The molecular weight excluding hydrogens is 464 g/mol. The molecule has 1 fully saturated rings. The summed E-state index contributed by atoms with van der Waals surface area (Å²) in [6.45, 7) is 3.72. The highest BCUT2D eigenvalue weighted by molar-refractivity contribution is 9.10. The minimum atomic E-state index is -0.839. The number of halogens is 1. The van der Waals surface area contributed by atoms with Gasteiger partial charge in [0.2, 0.25) is 0 Å². The van der Waals surface area contributed by atoms with Crippen LogP contribution in [0.3, 0.4) is 0 Å². The van der Waals surface area contributed by atoms with Crippen molar-refractivity contribution in [2.45, 2.75) is 32.7 Å². The van der Waals surface area contributed by atoms with Crippen LogP contribution in [0.5, 0.6) is 5.75 Å². The number of nitrogens with zero attached hydrogens (tertiary/aromatic N) is 1. The molecule has 2 aromatic carbocycles. The van der Waals surface area contributed by atoms with Crippen molar-refractivity contribution in [2.24, 2.45) is 5.10 Å². The van der Waals surface area contributed by atoms with Gasteiger partial charge in [0.15, 0.2) is 6.61 Å². The summed E-state index contributed by atoms with van der Waals surface area (Å²) in [5.74, 6) is -1.46. The van der Waals surface area contributed by atoms with Crippen LogP contribution in [0.1, 0.15) is 29.5 Å². The van der Waals surface area contributed by atoms with Crippen LogP contribution in [0.25, 0.3) is 0 Å². The lowest BCUT2D eigenvalue weighted by Gasteiger charge is -2.11. The zero-order valence-electron chi connectivity index (χ0n) is 17.2. The number of carbonyl (C=O) groups is 3. The van der Waals surface area contributed by atoms with Gasteiger partial charge in [0, 0.05) is 21.8 Å². The van der Waals surface area contributed by atoms with Gasteiger partial charge in [-0.1, -0.05) is 22.0 Å². The van der Waals surface area contributed by atoms with Crippen LogP contribution < -0.4 is 20.8 Å². The number of hydrazone groups is 1. The standard InChI is InChI=1S/C22H23BrN4O4/c1-13-7-14(2)9-18(8-13)25-20(28)12-31-19-6-3-16(23)10-15(19)11-24-27-22(30)21(29)26-17-4-5-17/h3,6-11,17H,4-5,12H2,1-2H3,(H,25,28)(H,26,29)(H,27,30)/b24-11-. The third-order valence-corrected chi connectivity index (χ3v) is 4.82. The van der Waals surface area contributed by atoms with E-state index in [1.807, 2.05) is 32.0 Å². The van der Waals surface area contributed by atoms with Gasteiger partial charge in [-0.25, -0.2) is 5.43 Å². The Labute approximate surface area is 188 Å². The number of hydrogen-bond acceptors (Lipinski definition) is 5. The number of benzene rings is 2.